The second kappa shape index (κ2) is 7.65. The van der Waals surface area contributed by atoms with E-state index in [1.807, 2.05) is 38.1 Å². The van der Waals surface area contributed by atoms with E-state index >= 15 is 0 Å². The van der Waals surface area contributed by atoms with E-state index in [1.54, 1.807) is 0 Å². The first-order valence-corrected chi connectivity index (χ1v) is 7.74. The fourth-order valence-corrected chi connectivity index (χ4v) is 2.24. The topological polar surface area (TPSA) is 27.7 Å². The Bertz CT molecular complexity index is 378. The summed E-state index contributed by atoms with van der Waals surface area (Å²) in [7, 11) is 0. The molecule has 1 aromatic rings. The highest BCUT2D eigenvalue weighted by atomic mass is 16.7. The van der Waals surface area contributed by atoms with E-state index in [2.05, 4.69) is 6.92 Å². The third-order valence-corrected chi connectivity index (χ3v) is 3.76. The van der Waals surface area contributed by atoms with Crippen molar-refractivity contribution in [2.45, 2.75) is 65.0 Å². The van der Waals surface area contributed by atoms with Gasteiger partial charge in [0.2, 0.25) is 0 Å². The minimum atomic E-state index is -0.237. The molecule has 0 unspecified atom stereocenters. The molecule has 1 aromatic carbocycles. The molecule has 3 nitrogen and oxygen atoms in total. The molecule has 20 heavy (non-hydrogen) atoms. The van der Waals surface area contributed by atoms with Gasteiger partial charge in [-0.15, -0.1) is 0 Å². The summed E-state index contributed by atoms with van der Waals surface area (Å²) in [6.07, 6.45) is 4.97. The predicted molar refractivity (Wildman–Crippen MR) is 79.9 cm³/mol. The maximum absolute atomic E-state index is 5.76. The molecule has 0 amide bonds. The number of unbranched alkanes of at least 4 members (excludes halogenated alkanes) is 3. The summed E-state index contributed by atoms with van der Waals surface area (Å²) in [5, 5.41) is 0. The molecule has 0 aliphatic carbocycles. The smallest absolute Gasteiger partial charge is 0.184 e. The highest BCUT2D eigenvalue weighted by Crippen LogP contribution is 2.31. The molecule has 0 bridgehead atoms. The zero-order valence-corrected chi connectivity index (χ0v) is 12.8. The molecular formula is C17H26O3. The van der Waals surface area contributed by atoms with Crippen molar-refractivity contribution < 1.29 is 14.2 Å². The quantitative estimate of drug-likeness (QED) is 0.689. The zero-order chi connectivity index (χ0) is 14.4. The molecular weight excluding hydrogens is 252 g/mol. The van der Waals surface area contributed by atoms with Crippen LogP contribution in [-0.4, -0.2) is 18.8 Å². The number of hydrogen-bond acceptors (Lipinski definition) is 3. The Morgan fingerprint density at radius 3 is 2.20 bits per heavy atom. The van der Waals surface area contributed by atoms with Crippen molar-refractivity contribution in [3.8, 4) is 5.75 Å². The molecule has 1 fully saturated rings. The van der Waals surface area contributed by atoms with Crippen LogP contribution in [0.3, 0.4) is 0 Å². The number of rotatable bonds is 7. The van der Waals surface area contributed by atoms with Crippen LogP contribution >= 0.6 is 0 Å². The molecule has 1 aliphatic heterocycles. The second-order valence-electron chi connectivity index (χ2n) is 5.49. The Kier molecular flexibility index (Phi) is 5.86. The number of hydrogen-bond donors (Lipinski definition) is 0. The maximum Gasteiger partial charge on any atom is 0.184 e. The molecule has 1 heterocycles. The van der Waals surface area contributed by atoms with E-state index in [4.69, 9.17) is 14.2 Å². The Labute approximate surface area is 122 Å². The SMILES string of the molecule is CCCCCCOc1ccc(C2O[C@H](C)[C@@H](C)O2)cc1. The summed E-state index contributed by atoms with van der Waals surface area (Å²) in [5.74, 6) is 0.921. The van der Waals surface area contributed by atoms with Crippen LogP contribution in [-0.2, 0) is 9.47 Å². The van der Waals surface area contributed by atoms with Crippen LogP contribution in [0.25, 0.3) is 0 Å². The van der Waals surface area contributed by atoms with Crippen molar-refractivity contribution in [3.05, 3.63) is 29.8 Å². The molecule has 112 valence electrons. The van der Waals surface area contributed by atoms with Gasteiger partial charge in [-0.1, -0.05) is 38.3 Å². The number of benzene rings is 1. The molecule has 2 atom stereocenters. The Morgan fingerprint density at radius 2 is 1.60 bits per heavy atom. The molecule has 0 spiro atoms. The van der Waals surface area contributed by atoms with Crippen molar-refractivity contribution >= 4 is 0 Å². The Hall–Kier alpha value is -1.06. The van der Waals surface area contributed by atoms with Crippen LogP contribution in [0.4, 0.5) is 0 Å². The lowest BCUT2D eigenvalue weighted by Gasteiger charge is -2.11. The number of ether oxygens (including phenoxy) is 3. The summed E-state index contributed by atoms with van der Waals surface area (Å²) in [6.45, 7) is 7.09. The summed E-state index contributed by atoms with van der Waals surface area (Å²) < 4.78 is 17.3. The normalized spacial score (nSPS) is 23.1. The van der Waals surface area contributed by atoms with Gasteiger partial charge in [-0.3, -0.25) is 0 Å². The highest BCUT2D eigenvalue weighted by molar-refractivity contribution is 5.28. The largest absolute Gasteiger partial charge is 0.494 e. The zero-order valence-electron chi connectivity index (χ0n) is 12.8. The van der Waals surface area contributed by atoms with E-state index in [9.17, 15) is 0 Å². The first kappa shape index (κ1) is 15.3. The van der Waals surface area contributed by atoms with Gasteiger partial charge in [-0.05, 0) is 32.4 Å². The standard InChI is InChI=1S/C17H26O3/c1-4-5-6-7-12-18-16-10-8-15(9-11-16)17-19-13(2)14(3)20-17/h8-11,13-14,17H,4-7,12H2,1-3H3/t13-,14-/m1/s1. The lowest BCUT2D eigenvalue weighted by atomic mass is 10.2. The van der Waals surface area contributed by atoms with Crippen molar-refractivity contribution in [2.75, 3.05) is 6.61 Å². The molecule has 2 rings (SSSR count). The fourth-order valence-electron chi connectivity index (χ4n) is 2.24. The average molecular weight is 278 g/mol. The third kappa shape index (κ3) is 4.22. The fraction of sp³-hybridized carbons (Fsp3) is 0.647. The first-order chi connectivity index (χ1) is 9.70. The van der Waals surface area contributed by atoms with Crippen LogP contribution in [0.15, 0.2) is 24.3 Å². The van der Waals surface area contributed by atoms with Crippen LogP contribution < -0.4 is 4.74 Å². The van der Waals surface area contributed by atoms with E-state index in [0.29, 0.717) is 0 Å². The minimum Gasteiger partial charge on any atom is -0.494 e. The van der Waals surface area contributed by atoms with Gasteiger partial charge >= 0.3 is 0 Å². The summed E-state index contributed by atoms with van der Waals surface area (Å²) in [5.41, 5.74) is 1.06. The lowest BCUT2D eigenvalue weighted by Crippen LogP contribution is -2.13. The van der Waals surface area contributed by atoms with Crippen molar-refractivity contribution in [2.24, 2.45) is 0 Å². The average Bonchev–Trinajstić information content (AvgIpc) is 2.79. The van der Waals surface area contributed by atoms with Crippen LogP contribution in [0, 0.1) is 0 Å². The van der Waals surface area contributed by atoms with Gasteiger partial charge in [0.25, 0.3) is 0 Å². The second-order valence-corrected chi connectivity index (χ2v) is 5.49. The molecule has 1 saturated heterocycles. The van der Waals surface area contributed by atoms with E-state index in [-0.39, 0.29) is 18.5 Å². The van der Waals surface area contributed by atoms with Crippen molar-refractivity contribution in [1.82, 2.24) is 0 Å². The molecule has 0 radical (unpaired) electrons. The van der Waals surface area contributed by atoms with Crippen molar-refractivity contribution in [3.63, 3.8) is 0 Å². The first-order valence-electron chi connectivity index (χ1n) is 7.74. The Morgan fingerprint density at radius 1 is 0.950 bits per heavy atom. The lowest BCUT2D eigenvalue weighted by molar-refractivity contribution is -0.0653. The molecule has 0 saturated carbocycles. The van der Waals surface area contributed by atoms with Gasteiger partial charge < -0.3 is 14.2 Å². The summed E-state index contributed by atoms with van der Waals surface area (Å²) in [4.78, 5) is 0. The third-order valence-electron chi connectivity index (χ3n) is 3.76. The maximum atomic E-state index is 5.76. The van der Waals surface area contributed by atoms with Crippen LogP contribution in [0.1, 0.15) is 58.3 Å². The van der Waals surface area contributed by atoms with Crippen LogP contribution in [0.5, 0.6) is 5.75 Å². The van der Waals surface area contributed by atoms with Gasteiger partial charge in [-0.25, -0.2) is 0 Å². The molecule has 0 aromatic heterocycles. The van der Waals surface area contributed by atoms with Gasteiger partial charge in [0.05, 0.1) is 18.8 Å². The molecule has 0 N–H and O–H groups in total. The summed E-state index contributed by atoms with van der Waals surface area (Å²) in [6, 6.07) is 8.04. The minimum absolute atomic E-state index is 0.148. The van der Waals surface area contributed by atoms with Gasteiger partial charge in [-0.2, -0.15) is 0 Å². The molecule has 1 aliphatic rings. The monoisotopic (exact) mass is 278 g/mol. The van der Waals surface area contributed by atoms with E-state index < -0.39 is 0 Å². The predicted octanol–water partition coefficient (Wildman–Crippen LogP) is 4.47. The van der Waals surface area contributed by atoms with Gasteiger partial charge in [0.15, 0.2) is 6.29 Å². The van der Waals surface area contributed by atoms with Crippen molar-refractivity contribution in [1.29, 1.82) is 0 Å². The van der Waals surface area contributed by atoms with Gasteiger partial charge in [0.1, 0.15) is 5.75 Å². The molecule has 3 heteroatoms. The Balaban J connectivity index is 1.78. The van der Waals surface area contributed by atoms with E-state index in [1.165, 1.54) is 19.3 Å². The van der Waals surface area contributed by atoms with E-state index in [0.717, 1.165) is 24.3 Å². The summed E-state index contributed by atoms with van der Waals surface area (Å²) >= 11 is 0. The highest BCUT2D eigenvalue weighted by Gasteiger charge is 2.30. The van der Waals surface area contributed by atoms with Crippen LogP contribution in [0.2, 0.25) is 0 Å². The van der Waals surface area contributed by atoms with Gasteiger partial charge in [0, 0.05) is 5.56 Å².